The Balaban J connectivity index is 2.03. The van der Waals surface area contributed by atoms with E-state index < -0.39 is 23.6 Å². The zero-order valence-electron chi connectivity index (χ0n) is 13.7. The minimum atomic E-state index is -4.76. The maximum absolute atomic E-state index is 14.4. The highest BCUT2D eigenvalue weighted by Gasteiger charge is 2.35. The number of hydrogen-bond acceptors (Lipinski definition) is 4. The molecular formula is C17H13BrF4N4. The summed E-state index contributed by atoms with van der Waals surface area (Å²) in [5.74, 6) is -0.446. The molecule has 0 bridgehead atoms. The Morgan fingerprint density at radius 3 is 2.62 bits per heavy atom. The number of aromatic nitrogens is 3. The van der Waals surface area contributed by atoms with E-state index in [0.29, 0.717) is 27.1 Å². The lowest BCUT2D eigenvalue weighted by atomic mass is 10.0. The number of rotatable bonds is 3. The van der Waals surface area contributed by atoms with Crippen molar-refractivity contribution in [3.8, 4) is 0 Å². The third kappa shape index (κ3) is 3.62. The maximum Gasteiger partial charge on any atom is 0.419 e. The average Bonchev–Trinajstić information content (AvgIpc) is 2.54. The van der Waals surface area contributed by atoms with Gasteiger partial charge in [0.05, 0.1) is 23.3 Å². The first kappa shape index (κ1) is 18.5. The van der Waals surface area contributed by atoms with E-state index >= 15 is 0 Å². The van der Waals surface area contributed by atoms with Crippen molar-refractivity contribution in [3.63, 3.8) is 0 Å². The number of alkyl halides is 3. The van der Waals surface area contributed by atoms with Crippen molar-refractivity contribution in [1.29, 1.82) is 0 Å². The third-order valence-electron chi connectivity index (χ3n) is 3.81. The van der Waals surface area contributed by atoms with E-state index in [0.717, 1.165) is 6.07 Å². The second-order valence-corrected chi connectivity index (χ2v) is 6.53. The van der Waals surface area contributed by atoms with Gasteiger partial charge in [-0.25, -0.2) is 19.3 Å². The summed E-state index contributed by atoms with van der Waals surface area (Å²) in [6, 6.07) is 4.16. The minimum absolute atomic E-state index is 0.0997. The molecule has 0 aliphatic heterocycles. The monoisotopic (exact) mass is 428 g/mol. The molecule has 0 spiro atoms. The topological polar surface area (TPSA) is 50.7 Å². The summed E-state index contributed by atoms with van der Waals surface area (Å²) in [4.78, 5) is 12.7. The number of aryl methyl sites for hydroxylation is 1. The number of nitrogens with zero attached hydrogens (tertiary/aromatic N) is 3. The lowest BCUT2D eigenvalue weighted by molar-refractivity contribution is -0.140. The van der Waals surface area contributed by atoms with E-state index in [2.05, 4.69) is 36.2 Å². The van der Waals surface area contributed by atoms with Crippen molar-refractivity contribution in [1.82, 2.24) is 15.0 Å². The molecule has 4 nitrogen and oxygen atoms in total. The van der Waals surface area contributed by atoms with E-state index in [1.165, 1.54) is 12.1 Å². The van der Waals surface area contributed by atoms with E-state index in [4.69, 9.17) is 0 Å². The fourth-order valence-corrected chi connectivity index (χ4v) is 2.95. The number of pyridine rings is 1. The fourth-order valence-electron chi connectivity index (χ4n) is 2.62. The summed E-state index contributed by atoms with van der Waals surface area (Å²) < 4.78 is 53.7. The first-order valence-corrected chi connectivity index (χ1v) is 8.38. The van der Waals surface area contributed by atoms with Crippen LogP contribution >= 0.6 is 15.9 Å². The lowest BCUT2D eigenvalue weighted by Gasteiger charge is -2.19. The SMILES string of the molecule is Cc1nc(N[C@H](C)c2cccc(C(F)(F)F)c2F)c2cc(Br)ncc2n1. The van der Waals surface area contributed by atoms with Gasteiger partial charge in [-0.05, 0) is 41.9 Å². The molecule has 3 rings (SSSR count). The van der Waals surface area contributed by atoms with Crippen LogP contribution in [0.15, 0.2) is 35.1 Å². The van der Waals surface area contributed by atoms with Crippen molar-refractivity contribution in [3.05, 3.63) is 57.8 Å². The molecule has 2 heterocycles. The van der Waals surface area contributed by atoms with Crippen LogP contribution < -0.4 is 5.32 Å². The van der Waals surface area contributed by atoms with Crippen LogP contribution in [0.3, 0.4) is 0 Å². The molecule has 0 aliphatic carbocycles. The summed E-state index contributed by atoms with van der Waals surface area (Å²) >= 11 is 3.26. The van der Waals surface area contributed by atoms with Gasteiger partial charge < -0.3 is 5.32 Å². The number of nitrogens with one attached hydrogen (secondary N) is 1. The van der Waals surface area contributed by atoms with E-state index in [1.807, 2.05) is 0 Å². The Morgan fingerprint density at radius 1 is 1.19 bits per heavy atom. The number of benzene rings is 1. The van der Waals surface area contributed by atoms with Crippen LogP contribution in [0.2, 0.25) is 0 Å². The molecular weight excluding hydrogens is 416 g/mol. The quantitative estimate of drug-likeness (QED) is 0.446. The molecule has 2 aromatic heterocycles. The molecule has 0 unspecified atom stereocenters. The summed E-state index contributed by atoms with van der Waals surface area (Å²) in [6.07, 6.45) is -3.21. The zero-order valence-corrected chi connectivity index (χ0v) is 15.3. The van der Waals surface area contributed by atoms with Crippen molar-refractivity contribution >= 4 is 32.7 Å². The maximum atomic E-state index is 14.4. The molecule has 1 aromatic carbocycles. The molecule has 1 atom stereocenters. The molecule has 0 radical (unpaired) electrons. The summed E-state index contributed by atoms with van der Waals surface area (Å²) in [6.45, 7) is 3.25. The molecule has 0 amide bonds. The van der Waals surface area contributed by atoms with Crippen LogP contribution in [-0.4, -0.2) is 15.0 Å². The first-order valence-electron chi connectivity index (χ1n) is 7.59. The van der Waals surface area contributed by atoms with Gasteiger partial charge in [0.2, 0.25) is 0 Å². The molecule has 0 fully saturated rings. The highest BCUT2D eigenvalue weighted by molar-refractivity contribution is 9.10. The molecule has 0 aliphatic rings. The van der Waals surface area contributed by atoms with Gasteiger partial charge in [0.1, 0.15) is 22.1 Å². The summed E-state index contributed by atoms with van der Waals surface area (Å²) in [7, 11) is 0. The molecule has 9 heteroatoms. The molecule has 3 aromatic rings. The smallest absolute Gasteiger partial charge is 0.363 e. The highest BCUT2D eigenvalue weighted by Crippen LogP contribution is 2.35. The van der Waals surface area contributed by atoms with Gasteiger partial charge in [-0.3, -0.25) is 0 Å². The van der Waals surface area contributed by atoms with Crippen molar-refractivity contribution < 1.29 is 17.6 Å². The van der Waals surface area contributed by atoms with Crippen molar-refractivity contribution in [2.24, 2.45) is 0 Å². The predicted molar refractivity (Wildman–Crippen MR) is 93.2 cm³/mol. The van der Waals surface area contributed by atoms with Gasteiger partial charge in [-0.15, -0.1) is 0 Å². The first-order chi connectivity index (χ1) is 12.2. The lowest BCUT2D eigenvalue weighted by Crippen LogP contribution is -2.15. The summed E-state index contributed by atoms with van der Waals surface area (Å²) in [5, 5.41) is 3.60. The number of halogens is 5. The van der Waals surface area contributed by atoms with Gasteiger partial charge in [-0.1, -0.05) is 12.1 Å². The largest absolute Gasteiger partial charge is 0.419 e. The molecule has 0 saturated carbocycles. The Morgan fingerprint density at radius 2 is 1.92 bits per heavy atom. The Labute approximate surface area is 154 Å². The van der Waals surface area contributed by atoms with Gasteiger partial charge >= 0.3 is 6.18 Å². The van der Waals surface area contributed by atoms with Crippen LogP contribution in [0, 0.1) is 12.7 Å². The minimum Gasteiger partial charge on any atom is -0.363 e. The van der Waals surface area contributed by atoms with Crippen LogP contribution in [0.4, 0.5) is 23.4 Å². The number of anilines is 1. The normalized spacial score (nSPS) is 13.0. The number of fused-ring (bicyclic) bond motifs is 1. The molecule has 0 saturated heterocycles. The van der Waals surface area contributed by atoms with E-state index in [9.17, 15) is 17.6 Å². The summed E-state index contributed by atoms with van der Waals surface area (Å²) in [5.41, 5.74) is -0.823. The van der Waals surface area contributed by atoms with Crippen LogP contribution in [0.1, 0.15) is 29.9 Å². The van der Waals surface area contributed by atoms with Gasteiger partial charge in [0.25, 0.3) is 0 Å². The van der Waals surface area contributed by atoms with E-state index in [-0.39, 0.29) is 5.56 Å². The van der Waals surface area contributed by atoms with Gasteiger partial charge in [0.15, 0.2) is 0 Å². The second-order valence-electron chi connectivity index (χ2n) is 5.72. The van der Waals surface area contributed by atoms with Crippen LogP contribution in [0.25, 0.3) is 10.9 Å². The van der Waals surface area contributed by atoms with Gasteiger partial charge in [0, 0.05) is 10.9 Å². The third-order valence-corrected chi connectivity index (χ3v) is 4.25. The molecule has 26 heavy (non-hydrogen) atoms. The second kappa shape index (κ2) is 6.79. The average molecular weight is 429 g/mol. The van der Waals surface area contributed by atoms with E-state index in [1.54, 1.807) is 26.1 Å². The standard InChI is InChI=1S/C17H13BrF4N4/c1-8(10-4-3-5-12(15(10)19)17(20,21)22)24-16-11-6-14(18)23-7-13(11)25-9(2)26-16/h3-8H,1-2H3,(H,24,25,26)/t8-/m1/s1. The zero-order chi connectivity index (χ0) is 19.1. The Bertz CT molecular complexity index is 975. The Hall–Kier alpha value is -2.29. The Kier molecular flexibility index (Phi) is 4.83. The molecule has 1 N–H and O–H groups in total. The van der Waals surface area contributed by atoms with Crippen molar-refractivity contribution in [2.75, 3.05) is 5.32 Å². The van der Waals surface area contributed by atoms with Gasteiger partial charge in [-0.2, -0.15) is 13.2 Å². The fraction of sp³-hybridized carbons (Fsp3) is 0.235. The highest BCUT2D eigenvalue weighted by atomic mass is 79.9. The van der Waals surface area contributed by atoms with Crippen molar-refractivity contribution in [2.45, 2.75) is 26.1 Å². The van der Waals surface area contributed by atoms with Crippen LogP contribution in [0.5, 0.6) is 0 Å². The molecule has 136 valence electrons. The number of hydrogen-bond donors (Lipinski definition) is 1. The predicted octanol–water partition coefficient (Wildman–Crippen LogP) is 5.43. The van der Waals surface area contributed by atoms with Crippen LogP contribution in [-0.2, 0) is 6.18 Å².